The molecule has 1 fully saturated rings. The third-order valence-electron chi connectivity index (χ3n) is 5.59. The summed E-state index contributed by atoms with van der Waals surface area (Å²) in [5.41, 5.74) is 6.74. The topological polar surface area (TPSA) is 183 Å². The molecule has 0 radical (unpaired) electrons. The number of pyridine rings is 1. The van der Waals surface area contributed by atoms with Crippen molar-refractivity contribution in [3.05, 3.63) is 70.9 Å². The van der Waals surface area contributed by atoms with Gasteiger partial charge >= 0.3 is 0 Å². The third kappa shape index (κ3) is 5.03. The van der Waals surface area contributed by atoms with E-state index in [-0.39, 0.29) is 28.8 Å². The fraction of sp³-hybridized carbons (Fsp3) is 0.227. The van der Waals surface area contributed by atoms with E-state index in [0.29, 0.717) is 23.6 Å². The number of nitrogen functional groups attached to an aromatic ring is 1. The molecule has 0 aliphatic carbocycles. The van der Waals surface area contributed by atoms with Crippen LogP contribution in [0.1, 0.15) is 11.4 Å². The smallest absolute Gasteiger partial charge is 0.276 e. The van der Waals surface area contributed by atoms with E-state index >= 15 is 0 Å². The Balaban J connectivity index is 1.32. The van der Waals surface area contributed by atoms with Crippen molar-refractivity contribution in [1.82, 2.24) is 25.4 Å². The molecule has 3 aromatic heterocycles. The number of fused-ring (bicyclic) bond motifs is 1. The van der Waals surface area contributed by atoms with Crippen LogP contribution in [0.5, 0.6) is 0 Å². The average molecular weight is 541 g/mol. The van der Waals surface area contributed by atoms with Gasteiger partial charge in [0.05, 0.1) is 17.4 Å². The van der Waals surface area contributed by atoms with Crippen LogP contribution in [0.25, 0.3) is 0 Å². The number of aromatic nitrogens is 4. The van der Waals surface area contributed by atoms with Gasteiger partial charge in [0.2, 0.25) is 0 Å². The number of aromatic amines is 1. The Morgan fingerprint density at radius 3 is 2.84 bits per heavy atom. The number of oxime groups is 1. The number of carboxylic acid groups (broad SMARTS) is 1. The van der Waals surface area contributed by atoms with Crippen molar-refractivity contribution in [1.29, 1.82) is 0 Å². The number of carboxylic acids is 1. The highest BCUT2D eigenvalue weighted by Crippen LogP contribution is 2.40. The lowest BCUT2D eigenvalue weighted by Gasteiger charge is -2.50. The van der Waals surface area contributed by atoms with E-state index in [2.05, 4.69) is 25.7 Å². The number of aliphatic carboxylic acids is 1. The van der Waals surface area contributed by atoms with Gasteiger partial charge in [-0.1, -0.05) is 11.2 Å². The Hall–Kier alpha value is -4.24. The number of thioether (sulfide) groups is 1. The first-order valence-electron chi connectivity index (χ1n) is 10.9. The van der Waals surface area contributed by atoms with E-state index in [1.165, 1.54) is 16.7 Å². The van der Waals surface area contributed by atoms with Crippen LogP contribution < -0.4 is 20.7 Å². The van der Waals surface area contributed by atoms with Crippen LogP contribution in [0.15, 0.2) is 64.7 Å². The van der Waals surface area contributed by atoms with Gasteiger partial charge in [-0.05, 0) is 6.07 Å². The zero-order valence-corrected chi connectivity index (χ0v) is 20.7. The maximum Gasteiger partial charge on any atom is 0.276 e. The van der Waals surface area contributed by atoms with Crippen LogP contribution in [-0.4, -0.2) is 60.7 Å². The summed E-state index contributed by atoms with van der Waals surface area (Å²) < 4.78 is 1.81. The number of thiazole rings is 1. The summed E-state index contributed by atoms with van der Waals surface area (Å²) in [5, 5.41) is 26.3. The number of nitrogens with two attached hydrogens (primary N) is 1. The SMILES string of the molecule is Nc1nc(C(=NOCc2ccn[nH]2)C(=O)N[C@@H]2C(=O)N3C(C(=O)[O-])=C(C[n+]4ccccc4)CS[C@H]23)cs1. The molecule has 0 bridgehead atoms. The molecule has 37 heavy (non-hydrogen) atoms. The molecular formula is C22H20N8O5S2. The van der Waals surface area contributed by atoms with Crippen molar-refractivity contribution in [2.24, 2.45) is 5.16 Å². The Bertz CT molecular complexity index is 1390. The third-order valence-corrected chi connectivity index (χ3v) is 7.61. The molecule has 2 atom stereocenters. The fourth-order valence-corrected chi connectivity index (χ4v) is 5.78. The van der Waals surface area contributed by atoms with Gasteiger partial charge in [0.1, 0.15) is 17.1 Å². The van der Waals surface area contributed by atoms with Crippen LogP contribution >= 0.6 is 23.1 Å². The van der Waals surface area contributed by atoms with Crippen LogP contribution in [0.2, 0.25) is 0 Å². The minimum absolute atomic E-state index is 0.0208. The van der Waals surface area contributed by atoms with E-state index in [4.69, 9.17) is 10.6 Å². The predicted octanol–water partition coefficient (Wildman–Crippen LogP) is -1.24. The van der Waals surface area contributed by atoms with Crippen molar-refractivity contribution in [3.8, 4) is 0 Å². The molecule has 2 amide bonds. The molecule has 5 heterocycles. The van der Waals surface area contributed by atoms with Crippen molar-refractivity contribution >= 4 is 51.7 Å². The summed E-state index contributed by atoms with van der Waals surface area (Å²) in [6.45, 7) is 0.313. The molecule has 13 nitrogen and oxygen atoms in total. The molecule has 3 aromatic rings. The zero-order valence-electron chi connectivity index (χ0n) is 19.1. The maximum absolute atomic E-state index is 13.1. The standard InChI is InChI=1S/C22H20N8O5S2/c23-22-25-14(11-37-22)15(28-35-9-13-4-5-24-27-13)18(31)26-16-19(32)30-17(21(33)34)12(10-36-20(16)30)8-29-6-2-1-3-7-29/h1-7,11,16,20H,8-10H2,(H4-,23,24,25,26,27,31,33,34)/t16-,20-/m1/s1. The molecule has 1 saturated heterocycles. The Morgan fingerprint density at radius 2 is 2.16 bits per heavy atom. The summed E-state index contributed by atoms with van der Waals surface area (Å²) in [6.07, 6.45) is 5.16. The number of carbonyl (C=O) groups is 3. The van der Waals surface area contributed by atoms with E-state index in [9.17, 15) is 19.5 Å². The summed E-state index contributed by atoms with van der Waals surface area (Å²) in [7, 11) is 0. The van der Waals surface area contributed by atoms with Gasteiger partial charge < -0.3 is 25.8 Å². The minimum atomic E-state index is -1.44. The highest BCUT2D eigenvalue weighted by atomic mass is 32.2. The van der Waals surface area contributed by atoms with E-state index in [0.717, 1.165) is 11.3 Å². The summed E-state index contributed by atoms with van der Waals surface area (Å²) >= 11 is 2.47. The van der Waals surface area contributed by atoms with Crippen LogP contribution in [0, 0.1) is 0 Å². The van der Waals surface area contributed by atoms with Crippen molar-refractivity contribution in [2.45, 2.75) is 24.6 Å². The Morgan fingerprint density at radius 1 is 1.35 bits per heavy atom. The average Bonchev–Trinajstić information content (AvgIpc) is 3.57. The van der Waals surface area contributed by atoms with Gasteiger partial charge in [-0.15, -0.1) is 23.1 Å². The van der Waals surface area contributed by atoms with Crippen LogP contribution in [-0.2, 0) is 32.4 Å². The quantitative estimate of drug-likeness (QED) is 0.129. The van der Waals surface area contributed by atoms with Crippen molar-refractivity contribution in [3.63, 3.8) is 0 Å². The molecule has 0 aromatic carbocycles. The number of carbonyl (C=O) groups excluding carboxylic acids is 3. The Kier molecular flexibility index (Phi) is 6.87. The first-order valence-corrected chi connectivity index (χ1v) is 12.9. The van der Waals surface area contributed by atoms with Crippen molar-refractivity contribution < 1.29 is 28.9 Å². The zero-order chi connectivity index (χ0) is 25.9. The number of H-pyrrole nitrogens is 1. The lowest BCUT2D eigenvalue weighted by atomic mass is 10.0. The van der Waals surface area contributed by atoms with Gasteiger partial charge in [0.25, 0.3) is 11.8 Å². The highest BCUT2D eigenvalue weighted by Gasteiger charge is 2.53. The number of nitrogens with zero attached hydrogens (tertiary/aromatic N) is 5. The van der Waals surface area contributed by atoms with Crippen LogP contribution in [0.4, 0.5) is 5.13 Å². The summed E-state index contributed by atoms with van der Waals surface area (Å²) in [5.74, 6) is -2.36. The molecule has 0 saturated carbocycles. The first kappa shape index (κ1) is 24.5. The molecule has 4 N–H and O–H groups in total. The van der Waals surface area contributed by atoms with Crippen LogP contribution in [0.3, 0.4) is 0 Å². The maximum atomic E-state index is 13.1. The van der Waals surface area contributed by atoms with Gasteiger partial charge in [0, 0.05) is 35.0 Å². The second kappa shape index (κ2) is 10.4. The molecule has 190 valence electrons. The first-order chi connectivity index (χ1) is 17.9. The fourth-order valence-electron chi connectivity index (χ4n) is 3.90. The lowest BCUT2D eigenvalue weighted by Crippen LogP contribution is -2.71. The Labute approximate surface area is 218 Å². The van der Waals surface area contributed by atoms with Gasteiger partial charge in [-0.3, -0.25) is 19.6 Å². The molecule has 0 unspecified atom stereocenters. The summed E-state index contributed by atoms with van der Waals surface area (Å²) in [4.78, 5) is 48.7. The number of β-lactam (4-membered cyclic amide) rings is 1. The molecule has 15 heteroatoms. The number of nitrogens with one attached hydrogen (secondary N) is 2. The van der Waals surface area contributed by atoms with Gasteiger partial charge in [-0.25, -0.2) is 9.55 Å². The lowest BCUT2D eigenvalue weighted by molar-refractivity contribution is -0.689. The van der Waals surface area contributed by atoms with Crippen molar-refractivity contribution in [2.75, 3.05) is 11.5 Å². The van der Waals surface area contributed by atoms with E-state index in [1.807, 2.05) is 22.8 Å². The summed E-state index contributed by atoms with van der Waals surface area (Å²) in [6, 6.07) is 6.22. The number of amides is 2. The second-order valence-electron chi connectivity index (χ2n) is 8.01. The minimum Gasteiger partial charge on any atom is -0.543 e. The number of rotatable bonds is 9. The molecule has 2 aliphatic rings. The molecule has 2 aliphatic heterocycles. The number of hydrogen-bond acceptors (Lipinski definition) is 11. The molecular weight excluding hydrogens is 520 g/mol. The van der Waals surface area contributed by atoms with Gasteiger partial charge in [-0.2, -0.15) is 5.10 Å². The van der Waals surface area contributed by atoms with E-state index < -0.39 is 29.2 Å². The second-order valence-corrected chi connectivity index (χ2v) is 10.0. The largest absolute Gasteiger partial charge is 0.543 e. The number of anilines is 1. The monoisotopic (exact) mass is 540 g/mol. The number of hydrogen-bond donors (Lipinski definition) is 3. The predicted molar refractivity (Wildman–Crippen MR) is 130 cm³/mol. The van der Waals surface area contributed by atoms with Gasteiger partial charge in [0.15, 0.2) is 36.4 Å². The molecule has 5 rings (SSSR count). The molecule has 0 spiro atoms. The van der Waals surface area contributed by atoms with E-state index in [1.54, 1.807) is 30.0 Å². The highest BCUT2D eigenvalue weighted by molar-refractivity contribution is 8.00. The normalized spacial score (nSPS) is 19.3.